The lowest BCUT2D eigenvalue weighted by Gasteiger charge is -2.52. The Labute approximate surface area is 230 Å². The van der Waals surface area contributed by atoms with Crippen LogP contribution in [0.15, 0.2) is 102 Å². The van der Waals surface area contributed by atoms with E-state index in [2.05, 4.69) is 15.5 Å². The monoisotopic (exact) mass is 528 g/mol. The van der Waals surface area contributed by atoms with E-state index in [1.54, 1.807) is 48.8 Å². The standard InChI is InChI=1S/C32H24N4O4/c1-40-25-15-7-6-14-24(25)36-30(38)27-26-20-10-2-4-12-22(20)32(28(27)31(36)39,23-13-5-3-11-21(23)26)18-34-35-29(37)19-9-8-16-33-17-19/h2-18,26-28H,1H3,(H,35,37)/b34-18-/t26?,27-,28-,32?/m1/s1. The number of aromatic nitrogens is 1. The molecule has 8 heteroatoms. The van der Waals surface area contributed by atoms with Gasteiger partial charge in [0.2, 0.25) is 11.8 Å². The number of ether oxygens (including phenoxy) is 1. The molecule has 4 aromatic rings. The maximum absolute atomic E-state index is 14.4. The summed E-state index contributed by atoms with van der Waals surface area (Å²) in [6, 6.07) is 26.2. The van der Waals surface area contributed by atoms with Gasteiger partial charge in [0.1, 0.15) is 5.75 Å². The summed E-state index contributed by atoms with van der Waals surface area (Å²) >= 11 is 0. The number of nitrogens with one attached hydrogen (secondary N) is 1. The molecule has 8 nitrogen and oxygen atoms in total. The van der Waals surface area contributed by atoms with Crippen molar-refractivity contribution in [3.63, 3.8) is 0 Å². The molecule has 1 fully saturated rings. The van der Waals surface area contributed by atoms with Crippen molar-refractivity contribution < 1.29 is 19.1 Å². The first-order valence-corrected chi connectivity index (χ1v) is 13.0. The van der Waals surface area contributed by atoms with E-state index in [1.807, 2.05) is 48.5 Å². The number of para-hydroxylation sites is 2. The Kier molecular flexibility index (Phi) is 5.38. The highest BCUT2D eigenvalue weighted by Gasteiger charge is 2.68. The second kappa shape index (κ2) is 8.98. The van der Waals surface area contributed by atoms with Crippen LogP contribution in [0.25, 0.3) is 0 Å². The maximum Gasteiger partial charge on any atom is 0.272 e. The first-order valence-electron chi connectivity index (χ1n) is 13.0. The van der Waals surface area contributed by atoms with Crippen LogP contribution in [0.5, 0.6) is 5.75 Å². The number of imide groups is 1. The average molecular weight is 529 g/mol. The molecule has 0 spiro atoms. The van der Waals surface area contributed by atoms with E-state index in [9.17, 15) is 14.4 Å². The van der Waals surface area contributed by atoms with Crippen molar-refractivity contribution in [2.45, 2.75) is 11.3 Å². The van der Waals surface area contributed by atoms with Crippen molar-refractivity contribution in [3.8, 4) is 5.75 Å². The van der Waals surface area contributed by atoms with Crippen molar-refractivity contribution in [2.24, 2.45) is 16.9 Å². The Morgan fingerprint density at radius 1 is 0.925 bits per heavy atom. The van der Waals surface area contributed by atoms with Crippen LogP contribution in [0.2, 0.25) is 0 Å². The number of benzene rings is 3. The fourth-order valence-electron chi connectivity index (χ4n) is 6.86. The lowest BCUT2D eigenvalue weighted by molar-refractivity contribution is -0.122. The van der Waals surface area contributed by atoms with Crippen LogP contribution < -0.4 is 15.1 Å². The fraction of sp³-hybridized carbons (Fsp3) is 0.156. The molecule has 3 aliphatic carbocycles. The molecule has 3 amide bonds. The molecule has 8 rings (SSSR count). The molecule has 196 valence electrons. The zero-order valence-corrected chi connectivity index (χ0v) is 21.5. The molecule has 4 aliphatic rings. The molecule has 40 heavy (non-hydrogen) atoms. The van der Waals surface area contributed by atoms with Crippen molar-refractivity contribution in [3.05, 3.63) is 125 Å². The molecule has 0 saturated carbocycles. The Bertz CT molecular complexity index is 1670. The zero-order valence-electron chi connectivity index (χ0n) is 21.5. The lowest BCUT2D eigenvalue weighted by atomic mass is 9.47. The third-order valence-electron chi connectivity index (χ3n) is 8.37. The molecule has 2 atom stereocenters. The molecular formula is C32H24N4O4. The van der Waals surface area contributed by atoms with Gasteiger partial charge in [-0.1, -0.05) is 60.7 Å². The number of hydrogen-bond donors (Lipinski definition) is 1. The Hall–Kier alpha value is -5.11. The van der Waals surface area contributed by atoms with Crippen LogP contribution in [0.3, 0.4) is 0 Å². The Morgan fingerprint density at radius 2 is 1.60 bits per heavy atom. The first kappa shape index (κ1) is 24.0. The predicted molar refractivity (Wildman–Crippen MR) is 148 cm³/mol. The summed E-state index contributed by atoms with van der Waals surface area (Å²) < 4.78 is 5.53. The van der Waals surface area contributed by atoms with Gasteiger partial charge in [-0.15, -0.1) is 0 Å². The van der Waals surface area contributed by atoms with E-state index >= 15 is 0 Å². The summed E-state index contributed by atoms with van der Waals surface area (Å²) in [7, 11) is 1.52. The molecule has 0 radical (unpaired) electrons. The third-order valence-corrected chi connectivity index (χ3v) is 8.37. The van der Waals surface area contributed by atoms with E-state index in [-0.39, 0.29) is 17.7 Å². The van der Waals surface area contributed by atoms with E-state index < -0.39 is 23.2 Å². The molecule has 1 aliphatic heterocycles. The smallest absolute Gasteiger partial charge is 0.272 e. The molecule has 1 saturated heterocycles. The summed E-state index contributed by atoms with van der Waals surface area (Å²) in [6.07, 6.45) is 4.69. The molecule has 3 aromatic carbocycles. The van der Waals surface area contributed by atoms with Crippen molar-refractivity contribution in [1.82, 2.24) is 10.4 Å². The summed E-state index contributed by atoms with van der Waals surface area (Å²) in [5.74, 6) is -2.29. The molecule has 1 N–H and O–H groups in total. The SMILES string of the molecule is COc1ccccc1N1C(=O)[C@@H]2C3c4ccccc4C(/C=N\NC(=O)c4cccnc4)(c4ccccc43)[C@H]2C1=O. The minimum Gasteiger partial charge on any atom is -0.495 e. The normalized spacial score (nSPS) is 24.0. The number of carbonyl (C=O) groups is 3. The number of pyridine rings is 1. The van der Waals surface area contributed by atoms with Gasteiger partial charge in [-0.25, -0.2) is 10.3 Å². The predicted octanol–water partition coefficient (Wildman–Crippen LogP) is 4.06. The minimum atomic E-state index is -1.08. The topological polar surface area (TPSA) is 101 Å². The van der Waals surface area contributed by atoms with E-state index in [4.69, 9.17) is 4.74 Å². The molecule has 1 aromatic heterocycles. The quantitative estimate of drug-likeness (QED) is 0.239. The summed E-state index contributed by atoms with van der Waals surface area (Å²) in [5.41, 5.74) is 6.08. The maximum atomic E-state index is 14.4. The van der Waals surface area contributed by atoms with E-state index in [1.165, 1.54) is 18.2 Å². The molecular weight excluding hydrogens is 504 g/mol. The second-order valence-electron chi connectivity index (χ2n) is 10.1. The van der Waals surface area contributed by atoms with Crippen LogP contribution in [0.4, 0.5) is 5.69 Å². The van der Waals surface area contributed by atoms with Crippen LogP contribution in [-0.2, 0) is 15.0 Å². The van der Waals surface area contributed by atoms with Crippen molar-refractivity contribution in [2.75, 3.05) is 12.0 Å². The van der Waals surface area contributed by atoms with Gasteiger partial charge in [0, 0.05) is 24.5 Å². The van der Waals surface area contributed by atoms with Gasteiger partial charge in [0.05, 0.1) is 35.6 Å². The van der Waals surface area contributed by atoms with Gasteiger partial charge in [0.15, 0.2) is 0 Å². The lowest BCUT2D eigenvalue weighted by Crippen LogP contribution is -2.54. The Balaban J connectivity index is 1.42. The first-order chi connectivity index (χ1) is 19.6. The number of carbonyl (C=O) groups excluding carboxylic acids is 3. The highest BCUT2D eigenvalue weighted by Crippen LogP contribution is 2.63. The number of hydrazone groups is 1. The van der Waals surface area contributed by atoms with Crippen LogP contribution in [0.1, 0.15) is 38.5 Å². The second-order valence-corrected chi connectivity index (χ2v) is 10.1. The van der Waals surface area contributed by atoms with Gasteiger partial charge < -0.3 is 4.74 Å². The van der Waals surface area contributed by atoms with Gasteiger partial charge in [0.25, 0.3) is 5.91 Å². The highest BCUT2D eigenvalue weighted by atomic mass is 16.5. The number of rotatable bonds is 5. The number of methoxy groups -OCH3 is 1. The largest absolute Gasteiger partial charge is 0.495 e. The van der Waals surface area contributed by atoms with Gasteiger partial charge in [-0.05, 0) is 46.5 Å². The molecule has 2 bridgehead atoms. The minimum absolute atomic E-state index is 0.273. The van der Waals surface area contributed by atoms with Gasteiger partial charge in [-0.2, -0.15) is 5.10 Å². The number of hydrogen-bond acceptors (Lipinski definition) is 6. The van der Waals surface area contributed by atoms with E-state index in [0.717, 1.165) is 22.3 Å². The summed E-state index contributed by atoms with van der Waals surface area (Å²) in [6.45, 7) is 0. The van der Waals surface area contributed by atoms with Crippen LogP contribution in [0, 0.1) is 11.8 Å². The number of amides is 3. The molecule has 0 unspecified atom stereocenters. The number of anilines is 1. The zero-order chi connectivity index (χ0) is 27.4. The number of nitrogens with zero attached hydrogens (tertiary/aromatic N) is 3. The third kappa shape index (κ3) is 3.16. The van der Waals surface area contributed by atoms with Gasteiger partial charge >= 0.3 is 0 Å². The van der Waals surface area contributed by atoms with Crippen LogP contribution in [-0.4, -0.2) is 36.0 Å². The highest BCUT2D eigenvalue weighted by molar-refractivity contribution is 6.25. The molecule has 2 heterocycles. The van der Waals surface area contributed by atoms with Crippen molar-refractivity contribution >= 4 is 29.6 Å². The summed E-state index contributed by atoms with van der Waals surface area (Å²) in [4.78, 5) is 46.8. The average Bonchev–Trinajstić information content (AvgIpc) is 3.28. The Morgan fingerprint density at radius 3 is 2.27 bits per heavy atom. The summed E-state index contributed by atoms with van der Waals surface area (Å²) in [5, 5.41) is 4.43. The van der Waals surface area contributed by atoms with E-state index in [0.29, 0.717) is 17.0 Å². The van der Waals surface area contributed by atoms with Crippen molar-refractivity contribution in [1.29, 1.82) is 0 Å². The van der Waals surface area contributed by atoms with Crippen LogP contribution >= 0.6 is 0 Å². The fourth-order valence-corrected chi connectivity index (χ4v) is 6.86. The van der Waals surface area contributed by atoms with Gasteiger partial charge in [-0.3, -0.25) is 19.4 Å².